The Balaban J connectivity index is 1.89. The minimum Gasteiger partial charge on any atom is -0.328 e. The third-order valence-electron chi connectivity index (χ3n) is 3.76. The number of imidazole rings is 1. The first-order valence-electron chi connectivity index (χ1n) is 7.33. The number of benzene rings is 2. The summed E-state index contributed by atoms with van der Waals surface area (Å²) in [7, 11) is 0. The van der Waals surface area contributed by atoms with Crippen LogP contribution in [0.2, 0.25) is 0 Å². The number of aromatic nitrogens is 2. The van der Waals surface area contributed by atoms with Crippen LogP contribution in [0.3, 0.4) is 0 Å². The van der Waals surface area contributed by atoms with Crippen LogP contribution in [-0.4, -0.2) is 15.4 Å². The van der Waals surface area contributed by atoms with Gasteiger partial charge in [-0.05, 0) is 31.0 Å². The van der Waals surface area contributed by atoms with Gasteiger partial charge >= 0.3 is 0 Å². The predicted octanol–water partition coefficient (Wildman–Crippen LogP) is 4.37. The van der Waals surface area contributed by atoms with Gasteiger partial charge in [-0.2, -0.15) is 0 Å². The first-order valence-corrected chi connectivity index (χ1v) is 7.87. The van der Waals surface area contributed by atoms with Gasteiger partial charge in [-0.1, -0.05) is 42.0 Å². The molecule has 0 amide bonds. The summed E-state index contributed by atoms with van der Waals surface area (Å²) in [6.07, 6.45) is 1.82. The lowest BCUT2D eigenvalue weighted by molar-refractivity contribution is 0.675. The highest BCUT2D eigenvalue weighted by molar-refractivity contribution is 6.17. The number of hydrogen-bond acceptors (Lipinski definition) is 1. The summed E-state index contributed by atoms with van der Waals surface area (Å²) in [6, 6.07) is 17.0. The lowest BCUT2D eigenvalue weighted by Crippen LogP contribution is -2.07. The van der Waals surface area contributed by atoms with Crippen LogP contribution in [0, 0.1) is 6.92 Å². The molecule has 0 fully saturated rings. The Kier molecular flexibility index (Phi) is 4.26. The zero-order valence-corrected chi connectivity index (χ0v) is 13.0. The van der Waals surface area contributed by atoms with Gasteiger partial charge in [0.25, 0.3) is 0 Å². The van der Waals surface area contributed by atoms with Crippen LogP contribution in [0.5, 0.6) is 0 Å². The van der Waals surface area contributed by atoms with Crippen LogP contribution in [0.4, 0.5) is 0 Å². The highest BCUT2D eigenvalue weighted by Crippen LogP contribution is 2.18. The van der Waals surface area contributed by atoms with Crippen molar-refractivity contribution in [3.8, 4) is 0 Å². The van der Waals surface area contributed by atoms with Crippen molar-refractivity contribution in [3.63, 3.8) is 0 Å². The summed E-state index contributed by atoms with van der Waals surface area (Å²) in [5.41, 5.74) is 4.93. The smallest absolute Gasteiger partial charge is 0.111 e. The van der Waals surface area contributed by atoms with E-state index in [0.717, 1.165) is 30.7 Å². The molecule has 0 saturated carbocycles. The summed E-state index contributed by atoms with van der Waals surface area (Å²) in [6.45, 7) is 3.07. The fraction of sp³-hybridized carbons (Fsp3) is 0.278. The summed E-state index contributed by atoms with van der Waals surface area (Å²) >= 11 is 5.92. The van der Waals surface area contributed by atoms with Crippen LogP contribution in [0.15, 0.2) is 48.5 Å². The molecule has 0 saturated heterocycles. The second kappa shape index (κ2) is 6.31. The van der Waals surface area contributed by atoms with Crippen molar-refractivity contribution >= 4 is 22.6 Å². The lowest BCUT2D eigenvalue weighted by Gasteiger charge is -2.09. The molecule has 0 atom stereocenters. The SMILES string of the molecule is Cc1cccc(CCn2c(CCCl)nc3ccccc32)c1. The van der Waals surface area contributed by atoms with Crippen molar-refractivity contribution in [2.75, 3.05) is 5.88 Å². The van der Waals surface area contributed by atoms with Crippen molar-refractivity contribution in [1.82, 2.24) is 9.55 Å². The van der Waals surface area contributed by atoms with E-state index in [-0.39, 0.29) is 0 Å². The van der Waals surface area contributed by atoms with E-state index >= 15 is 0 Å². The Hall–Kier alpha value is -1.80. The number of alkyl halides is 1. The number of rotatable bonds is 5. The van der Waals surface area contributed by atoms with Crippen molar-refractivity contribution in [3.05, 3.63) is 65.5 Å². The Morgan fingerprint density at radius 2 is 1.90 bits per heavy atom. The Bertz CT molecular complexity index is 746. The molecule has 3 heteroatoms. The van der Waals surface area contributed by atoms with Gasteiger partial charge in [-0.25, -0.2) is 4.98 Å². The maximum Gasteiger partial charge on any atom is 0.111 e. The Morgan fingerprint density at radius 3 is 2.71 bits per heavy atom. The standard InChI is InChI=1S/C18H19ClN2/c1-14-5-4-6-15(13-14)10-12-21-17-8-3-2-7-16(17)20-18(21)9-11-19/h2-8,13H,9-12H2,1H3. The first kappa shape index (κ1) is 14.2. The molecule has 3 aromatic rings. The normalized spacial score (nSPS) is 11.1. The second-order valence-electron chi connectivity index (χ2n) is 5.35. The average Bonchev–Trinajstić information content (AvgIpc) is 2.83. The molecule has 2 aromatic carbocycles. The fourth-order valence-electron chi connectivity index (χ4n) is 2.76. The van der Waals surface area contributed by atoms with E-state index in [1.54, 1.807) is 0 Å². The van der Waals surface area contributed by atoms with Crippen molar-refractivity contribution in [2.24, 2.45) is 0 Å². The Morgan fingerprint density at radius 1 is 1.05 bits per heavy atom. The van der Waals surface area contributed by atoms with E-state index in [0.29, 0.717) is 5.88 Å². The molecule has 2 nitrogen and oxygen atoms in total. The molecule has 0 aliphatic carbocycles. The summed E-state index contributed by atoms with van der Waals surface area (Å²) < 4.78 is 2.31. The number of nitrogens with zero attached hydrogens (tertiary/aromatic N) is 2. The van der Waals surface area contributed by atoms with E-state index in [2.05, 4.69) is 54.0 Å². The van der Waals surface area contributed by atoms with Gasteiger partial charge < -0.3 is 4.57 Å². The molecule has 0 spiro atoms. The van der Waals surface area contributed by atoms with Crippen molar-refractivity contribution in [2.45, 2.75) is 26.3 Å². The zero-order valence-electron chi connectivity index (χ0n) is 12.2. The van der Waals surface area contributed by atoms with Gasteiger partial charge in [0.15, 0.2) is 0 Å². The number of para-hydroxylation sites is 2. The molecule has 108 valence electrons. The Labute approximate surface area is 130 Å². The monoisotopic (exact) mass is 298 g/mol. The first-order chi connectivity index (χ1) is 10.3. The molecular weight excluding hydrogens is 280 g/mol. The molecule has 3 rings (SSSR count). The summed E-state index contributed by atoms with van der Waals surface area (Å²) in [5, 5.41) is 0. The minimum atomic E-state index is 0.605. The van der Waals surface area contributed by atoms with Gasteiger partial charge in [-0.15, -0.1) is 11.6 Å². The van der Waals surface area contributed by atoms with Crippen molar-refractivity contribution < 1.29 is 0 Å². The average molecular weight is 299 g/mol. The maximum absolute atomic E-state index is 5.92. The molecule has 0 aliphatic heterocycles. The maximum atomic E-state index is 5.92. The molecule has 1 aromatic heterocycles. The highest BCUT2D eigenvalue weighted by atomic mass is 35.5. The molecule has 1 heterocycles. The third-order valence-corrected chi connectivity index (χ3v) is 3.95. The number of halogens is 1. The summed E-state index contributed by atoms with van der Waals surface area (Å²) in [4.78, 5) is 4.71. The molecule has 0 radical (unpaired) electrons. The van der Waals surface area contributed by atoms with Crippen molar-refractivity contribution in [1.29, 1.82) is 0 Å². The van der Waals surface area contributed by atoms with Gasteiger partial charge in [0.2, 0.25) is 0 Å². The van der Waals surface area contributed by atoms with Gasteiger partial charge in [0.1, 0.15) is 5.82 Å². The molecule has 0 bridgehead atoms. The number of aryl methyl sites for hydroxylation is 4. The van der Waals surface area contributed by atoms with Gasteiger partial charge in [0, 0.05) is 18.8 Å². The molecule has 21 heavy (non-hydrogen) atoms. The van der Waals surface area contributed by atoms with E-state index in [1.165, 1.54) is 16.6 Å². The van der Waals surface area contributed by atoms with Crippen LogP contribution < -0.4 is 0 Å². The number of fused-ring (bicyclic) bond motifs is 1. The second-order valence-corrected chi connectivity index (χ2v) is 5.72. The highest BCUT2D eigenvalue weighted by Gasteiger charge is 2.09. The molecule has 0 aliphatic rings. The molecule has 0 unspecified atom stereocenters. The largest absolute Gasteiger partial charge is 0.328 e. The van der Waals surface area contributed by atoms with E-state index < -0.39 is 0 Å². The van der Waals surface area contributed by atoms with Gasteiger partial charge in [-0.3, -0.25) is 0 Å². The third kappa shape index (κ3) is 3.11. The van der Waals surface area contributed by atoms with Crippen LogP contribution in [-0.2, 0) is 19.4 Å². The minimum absolute atomic E-state index is 0.605. The molecule has 0 N–H and O–H groups in total. The van der Waals surface area contributed by atoms with Crippen LogP contribution in [0.25, 0.3) is 11.0 Å². The van der Waals surface area contributed by atoms with E-state index in [1.807, 2.05) is 6.07 Å². The zero-order chi connectivity index (χ0) is 14.7. The lowest BCUT2D eigenvalue weighted by atomic mass is 10.1. The van der Waals surface area contributed by atoms with Crippen LogP contribution >= 0.6 is 11.6 Å². The fourth-order valence-corrected chi connectivity index (χ4v) is 2.93. The predicted molar refractivity (Wildman–Crippen MR) is 89.0 cm³/mol. The number of hydrogen-bond donors (Lipinski definition) is 0. The topological polar surface area (TPSA) is 17.8 Å². The van der Waals surface area contributed by atoms with Gasteiger partial charge in [0.05, 0.1) is 11.0 Å². The quantitative estimate of drug-likeness (QED) is 0.640. The summed E-state index contributed by atoms with van der Waals surface area (Å²) in [5.74, 6) is 1.69. The van der Waals surface area contributed by atoms with Crippen LogP contribution in [0.1, 0.15) is 17.0 Å². The van der Waals surface area contributed by atoms with E-state index in [9.17, 15) is 0 Å². The molecular formula is C18H19ClN2. The van der Waals surface area contributed by atoms with E-state index in [4.69, 9.17) is 16.6 Å².